The van der Waals surface area contributed by atoms with Gasteiger partial charge < -0.3 is 5.32 Å². The molecular formula is C8H16N2S. The Kier molecular flexibility index (Phi) is 6.39. The highest BCUT2D eigenvalue weighted by atomic mass is 32.2. The number of nitrogens with zero attached hydrogens (tertiary/aromatic N) is 1. The summed E-state index contributed by atoms with van der Waals surface area (Å²) in [5.74, 6) is 2.75. The molecule has 1 N–H and O–H groups in total. The molecule has 0 aliphatic rings. The Morgan fingerprint density at radius 3 is 2.45 bits per heavy atom. The van der Waals surface area contributed by atoms with Gasteiger partial charge in [-0.15, -0.1) is 0 Å². The van der Waals surface area contributed by atoms with Gasteiger partial charge in [-0.1, -0.05) is 13.8 Å². The maximum absolute atomic E-state index is 8.57. The lowest BCUT2D eigenvalue weighted by molar-refractivity contribution is 0.733. The largest absolute Gasteiger partial charge is 0.304 e. The molecule has 0 spiro atoms. The Balaban J connectivity index is 3.30. The Morgan fingerprint density at radius 2 is 2.09 bits per heavy atom. The van der Waals surface area contributed by atoms with Crippen LogP contribution in [0.15, 0.2) is 0 Å². The zero-order chi connectivity index (χ0) is 8.69. The number of hydrogen-bond acceptors (Lipinski definition) is 3. The number of thioether (sulfide) groups is 1. The second-order valence-corrected chi connectivity index (χ2v) is 3.98. The highest BCUT2D eigenvalue weighted by Gasteiger charge is 2.03. The van der Waals surface area contributed by atoms with E-state index < -0.39 is 0 Å². The predicted molar refractivity (Wildman–Crippen MR) is 50.6 cm³/mol. The van der Waals surface area contributed by atoms with Gasteiger partial charge in [0.1, 0.15) is 6.04 Å². The molecule has 0 radical (unpaired) electrons. The van der Waals surface area contributed by atoms with Crippen LogP contribution in [-0.4, -0.2) is 24.6 Å². The van der Waals surface area contributed by atoms with Crippen LogP contribution in [0, 0.1) is 17.2 Å². The summed E-state index contributed by atoms with van der Waals surface area (Å²) in [6.07, 6.45) is 0. The van der Waals surface area contributed by atoms with Gasteiger partial charge in [0.25, 0.3) is 0 Å². The minimum atomic E-state index is 0.0127. The lowest BCUT2D eigenvalue weighted by atomic mass is 10.3. The van der Waals surface area contributed by atoms with Crippen molar-refractivity contribution < 1.29 is 0 Å². The third-order valence-corrected chi connectivity index (χ3v) is 2.71. The molecule has 0 aromatic rings. The smallest absolute Gasteiger partial charge is 0.104 e. The van der Waals surface area contributed by atoms with E-state index in [1.54, 1.807) is 0 Å². The minimum absolute atomic E-state index is 0.0127. The summed E-state index contributed by atoms with van der Waals surface area (Å²) in [6.45, 7) is 4.38. The Bertz CT molecular complexity index is 129. The fraction of sp³-hybridized carbons (Fsp3) is 0.875. The van der Waals surface area contributed by atoms with E-state index in [1.807, 2.05) is 18.8 Å². The van der Waals surface area contributed by atoms with Gasteiger partial charge in [0.05, 0.1) is 6.07 Å². The van der Waals surface area contributed by atoms with Crippen molar-refractivity contribution in [3.8, 4) is 6.07 Å². The highest BCUT2D eigenvalue weighted by molar-refractivity contribution is 7.99. The summed E-state index contributed by atoms with van der Waals surface area (Å²) in [6, 6.07) is 2.21. The van der Waals surface area contributed by atoms with E-state index >= 15 is 0 Å². The first-order chi connectivity index (χ1) is 5.20. The predicted octanol–water partition coefficient (Wildman–Crippen LogP) is 1.49. The molecule has 0 heterocycles. The highest BCUT2D eigenvalue weighted by Crippen LogP contribution is 2.08. The summed E-state index contributed by atoms with van der Waals surface area (Å²) in [7, 11) is 1.82. The third kappa shape index (κ3) is 6.21. The average Bonchev–Trinajstić information content (AvgIpc) is 1.98. The summed E-state index contributed by atoms with van der Waals surface area (Å²) < 4.78 is 0. The Labute approximate surface area is 73.4 Å². The summed E-state index contributed by atoms with van der Waals surface area (Å²) in [5.41, 5.74) is 0. The fourth-order valence-corrected chi connectivity index (χ4v) is 1.69. The molecule has 2 nitrogen and oxygen atoms in total. The van der Waals surface area contributed by atoms with Gasteiger partial charge in [-0.05, 0) is 18.7 Å². The first-order valence-corrected chi connectivity index (χ1v) is 5.00. The summed E-state index contributed by atoms with van der Waals surface area (Å²) >= 11 is 1.83. The number of hydrogen-bond donors (Lipinski definition) is 1. The van der Waals surface area contributed by atoms with E-state index in [0.717, 1.165) is 17.4 Å². The van der Waals surface area contributed by atoms with Gasteiger partial charge in [0.15, 0.2) is 0 Å². The van der Waals surface area contributed by atoms with Gasteiger partial charge in [0.2, 0.25) is 0 Å². The molecule has 0 aromatic heterocycles. The second-order valence-electron chi connectivity index (χ2n) is 2.90. The quantitative estimate of drug-likeness (QED) is 0.682. The second kappa shape index (κ2) is 6.51. The molecule has 3 heteroatoms. The van der Waals surface area contributed by atoms with Crippen LogP contribution < -0.4 is 5.32 Å². The van der Waals surface area contributed by atoms with Gasteiger partial charge in [-0.2, -0.15) is 17.0 Å². The topological polar surface area (TPSA) is 35.8 Å². The van der Waals surface area contributed by atoms with Crippen LogP contribution in [-0.2, 0) is 0 Å². The average molecular weight is 172 g/mol. The first-order valence-electron chi connectivity index (χ1n) is 3.85. The zero-order valence-corrected chi connectivity index (χ0v) is 8.24. The van der Waals surface area contributed by atoms with Crippen LogP contribution in [0.2, 0.25) is 0 Å². The van der Waals surface area contributed by atoms with Crippen LogP contribution >= 0.6 is 11.8 Å². The normalized spacial score (nSPS) is 13.0. The van der Waals surface area contributed by atoms with E-state index in [4.69, 9.17) is 5.26 Å². The molecule has 1 unspecified atom stereocenters. The molecule has 0 rings (SSSR count). The van der Waals surface area contributed by atoms with Crippen LogP contribution in [0.3, 0.4) is 0 Å². The molecule has 0 aromatic carbocycles. The Morgan fingerprint density at radius 1 is 1.45 bits per heavy atom. The van der Waals surface area contributed by atoms with Crippen molar-refractivity contribution in [2.24, 2.45) is 5.92 Å². The summed E-state index contributed by atoms with van der Waals surface area (Å²) in [4.78, 5) is 0. The molecule has 0 bridgehead atoms. The molecule has 11 heavy (non-hydrogen) atoms. The maximum atomic E-state index is 8.57. The molecule has 0 fully saturated rings. The van der Waals surface area contributed by atoms with Crippen molar-refractivity contribution in [3.05, 3.63) is 0 Å². The van der Waals surface area contributed by atoms with Crippen LogP contribution in [0.25, 0.3) is 0 Å². The zero-order valence-electron chi connectivity index (χ0n) is 7.42. The van der Waals surface area contributed by atoms with Crippen LogP contribution in [0.5, 0.6) is 0 Å². The van der Waals surface area contributed by atoms with Crippen molar-refractivity contribution in [1.29, 1.82) is 5.26 Å². The third-order valence-electron chi connectivity index (χ3n) is 1.24. The van der Waals surface area contributed by atoms with Gasteiger partial charge in [-0.3, -0.25) is 0 Å². The van der Waals surface area contributed by atoms with E-state index in [9.17, 15) is 0 Å². The molecule has 0 aliphatic carbocycles. The molecule has 0 saturated carbocycles. The van der Waals surface area contributed by atoms with Crippen molar-refractivity contribution >= 4 is 11.8 Å². The first kappa shape index (κ1) is 10.8. The molecule has 0 aliphatic heterocycles. The van der Waals surface area contributed by atoms with E-state index in [1.165, 1.54) is 0 Å². The molecule has 0 saturated heterocycles. The number of nitriles is 1. The Hall–Kier alpha value is -0.200. The van der Waals surface area contributed by atoms with Crippen molar-refractivity contribution in [2.75, 3.05) is 18.6 Å². The van der Waals surface area contributed by atoms with Crippen molar-refractivity contribution in [2.45, 2.75) is 19.9 Å². The summed E-state index contributed by atoms with van der Waals surface area (Å²) in [5, 5.41) is 11.5. The van der Waals surface area contributed by atoms with Crippen molar-refractivity contribution in [3.63, 3.8) is 0 Å². The monoisotopic (exact) mass is 172 g/mol. The van der Waals surface area contributed by atoms with Crippen molar-refractivity contribution in [1.82, 2.24) is 5.32 Å². The molecule has 1 atom stereocenters. The number of rotatable bonds is 5. The lowest BCUT2D eigenvalue weighted by Crippen LogP contribution is -2.25. The van der Waals surface area contributed by atoms with Gasteiger partial charge in [0, 0.05) is 5.75 Å². The van der Waals surface area contributed by atoms with E-state index in [0.29, 0.717) is 0 Å². The molecule has 0 amide bonds. The maximum Gasteiger partial charge on any atom is 0.104 e. The van der Waals surface area contributed by atoms with Crippen LogP contribution in [0.1, 0.15) is 13.8 Å². The van der Waals surface area contributed by atoms with Gasteiger partial charge in [-0.25, -0.2) is 0 Å². The standard InChI is InChI=1S/C8H16N2S/c1-7(2)5-11-6-8(4-9)10-3/h7-8,10H,5-6H2,1-3H3. The SMILES string of the molecule is CNC(C#N)CSCC(C)C. The van der Waals surface area contributed by atoms with Gasteiger partial charge >= 0.3 is 0 Å². The van der Waals surface area contributed by atoms with E-state index in [-0.39, 0.29) is 6.04 Å². The number of nitrogens with one attached hydrogen (secondary N) is 1. The molecular weight excluding hydrogens is 156 g/mol. The minimum Gasteiger partial charge on any atom is -0.304 e. The van der Waals surface area contributed by atoms with E-state index in [2.05, 4.69) is 25.2 Å². The lowest BCUT2D eigenvalue weighted by Gasteiger charge is -2.07. The van der Waals surface area contributed by atoms with Crippen LogP contribution in [0.4, 0.5) is 0 Å². The molecule has 64 valence electrons. The fourth-order valence-electron chi connectivity index (χ4n) is 0.607.